The molecule has 0 spiro atoms. The van der Waals surface area contributed by atoms with Gasteiger partial charge in [0, 0.05) is 55.4 Å². The van der Waals surface area contributed by atoms with Crippen molar-refractivity contribution >= 4 is 17.2 Å². The average Bonchev–Trinajstić information content (AvgIpc) is 2.55. The first-order valence-corrected chi connectivity index (χ1v) is 7.36. The molecule has 0 unspecified atom stereocenters. The lowest BCUT2D eigenvalue weighted by atomic mass is 10.1. The molecule has 1 fully saturated rings. The minimum Gasteiger partial charge on any atom is -0.368 e. The first kappa shape index (κ1) is 14.5. The Morgan fingerprint density at radius 2 is 1.59 bits per heavy atom. The molecule has 1 aliphatic heterocycles. The number of hydrogen-bond donors (Lipinski definition) is 0. The molecule has 0 radical (unpaired) electrons. The van der Waals surface area contributed by atoms with Gasteiger partial charge in [-0.1, -0.05) is 0 Å². The van der Waals surface area contributed by atoms with Crippen LogP contribution in [0.15, 0.2) is 42.6 Å². The highest BCUT2D eigenvalue weighted by Gasteiger charge is 2.18. The number of rotatable bonds is 3. The van der Waals surface area contributed by atoms with Crippen LogP contribution in [-0.2, 0) is 0 Å². The van der Waals surface area contributed by atoms with Crippen molar-refractivity contribution in [1.82, 2.24) is 4.98 Å². The number of pyridine rings is 1. The maximum atomic E-state index is 13.2. The number of aromatic nitrogens is 1. The summed E-state index contributed by atoms with van der Waals surface area (Å²) < 4.78 is 13.2. The Labute approximate surface area is 129 Å². The van der Waals surface area contributed by atoms with Crippen LogP contribution in [0.1, 0.15) is 17.3 Å². The predicted octanol–water partition coefficient (Wildman–Crippen LogP) is 2.75. The van der Waals surface area contributed by atoms with Crippen molar-refractivity contribution in [2.45, 2.75) is 6.92 Å². The number of ketones is 1. The van der Waals surface area contributed by atoms with Crippen LogP contribution < -0.4 is 9.80 Å². The number of piperazine rings is 1. The Bertz CT molecular complexity index is 664. The second kappa shape index (κ2) is 6.13. The van der Waals surface area contributed by atoms with Gasteiger partial charge in [0.15, 0.2) is 5.78 Å². The fraction of sp³-hybridized carbons (Fsp3) is 0.294. The molecule has 114 valence electrons. The van der Waals surface area contributed by atoms with Gasteiger partial charge in [-0.3, -0.25) is 4.79 Å². The van der Waals surface area contributed by atoms with E-state index in [9.17, 15) is 9.18 Å². The molecule has 0 saturated carbocycles. The lowest BCUT2D eigenvalue weighted by Crippen LogP contribution is -2.46. The molecule has 1 aromatic heterocycles. The number of anilines is 2. The third-order valence-electron chi connectivity index (χ3n) is 3.99. The summed E-state index contributed by atoms with van der Waals surface area (Å²) in [5.74, 6) is -0.365. The van der Waals surface area contributed by atoms with Crippen molar-refractivity contribution in [2.75, 3.05) is 36.0 Å². The van der Waals surface area contributed by atoms with E-state index in [-0.39, 0.29) is 5.78 Å². The quantitative estimate of drug-likeness (QED) is 0.645. The molecule has 0 aliphatic carbocycles. The van der Waals surface area contributed by atoms with E-state index < -0.39 is 5.95 Å². The highest BCUT2D eigenvalue weighted by atomic mass is 19.1. The van der Waals surface area contributed by atoms with Crippen molar-refractivity contribution in [3.8, 4) is 0 Å². The minimum atomic E-state index is -0.445. The first-order chi connectivity index (χ1) is 10.6. The van der Waals surface area contributed by atoms with Gasteiger partial charge in [0.05, 0.1) is 0 Å². The second-order valence-corrected chi connectivity index (χ2v) is 5.41. The van der Waals surface area contributed by atoms with Crippen molar-refractivity contribution in [2.24, 2.45) is 0 Å². The topological polar surface area (TPSA) is 36.4 Å². The van der Waals surface area contributed by atoms with Crippen molar-refractivity contribution in [1.29, 1.82) is 0 Å². The molecule has 1 aromatic carbocycles. The van der Waals surface area contributed by atoms with Gasteiger partial charge in [0.2, 0.25) is 5.95 Å². The van der Waals surface area contributed by atoms with Crippen LogP contribution in [-0.4, -0.2) is 36.9 Å². The Hall–Kier alpha value is -2.43. The van der Waals surface area contributed by atoms with Gasteiger partial charge in [-0.15, -0.1) is 0 Å². The van der Waals surface area contributed by atoms with Crippen LogP contribution in [0.25, 0.3) is 0 Å². The van der Waals surface area contributed by atoms with Gasteiger partial charge >= 0.3 is 0 Å². The van der Waals surface area contributed by atoms with E-state index in [0.29, 0.717) is 0 Å². The molecule has 0 bridgehead atoms. The zero-order valence-electron chi connectivity index (χ0n) is 12.5. The van der Waals surface area contributed by atoms with E-state index in [1.165, 1.54) is 12.3 Å². The lowest BCUT2D eigenvalue weighted by molar-refractivity contribution is 0.101. The summed E-state index contributed by atoms with van der Waals surface area (Å²) in [6.45, 7) is 4.96. The third kappa shape index (κ3) is 3.08. The number of carbonyl (C=O) groups excluding carboxylic acids is 1. The molecule has 1 saturated heterocycles. The van der Waals surface area contributed by atoms with E-state index in [0.717, 1.165) is 43.1 Å². The fourth-order valence-electron chi connectivity index (χ4n) is 2.72. The van der Waals surface area contributed by atoms with Gasteiger partial charge in [0.25, 0.3) is 0 Å². The van der Waals surface area contributed by atoms with E-state index in [1.54, 1.807) is 6.92 Å². The SMILES string of the molecule is CC(=O)c1ccc(N2CCN(c3ccnc(F)c3)CC2)cc1. The summed E-state index contributed by atoms with van der Waals surface area (Å²) in [6.07, 6.45) is 1.50. The number of hydrogen-bond acceptors (Lipinski definition) is 4. The molecule has 0 N–H and O–H groups in total. The van der Waals surface area contributed by atoms with Gasteiger partial charge in [-0.05, 0) is 37.3 Å². The van der Waals surface area contributed by atoms with Crippen LogP contribution in [0, 0.1) is 5.95 Å². The Kier molecular flexibility index (Phi) is 4.04. The summed E-state index contributed by atoms with van der Waals surface area (Å²) in [5.41, 5.74) is 2.72. The Morgan fingerprint density at radius 1 is 1.00 bits per heavy atom. The minimum absolute atomic E-state index is 0.0797. The van der Waals surface area contributed by atoms with Gasteiger partial charge in [-0.25, -0.2) is 4.98 Å². The molecular formula is C17H18FN3O. The Morgan fingerprint density at radius 3 is 2.14 bits per heavy atom. The van der Waals surface area contributed by atoms with Crippen LogP contribution in [0.5, 0.6) is 0 Å². The number of halogens is 1. The molecule has 3 rings (SSSR count). The Balaban J connectivity index is 1.65. The molecule has 5 heteroatoms. The van der Waals surface area contributed by atoms with E-state index in [1.807, 2.05) is 30.3 Å². The van der Waals surface area contributed by atoms with E-state index in [4.69, 9.17) is 0 Å². The van der Waals surface area contributed by atoms with E-state index in [2.05, 4.69) is 14.8 Å². The van der Waals surface area contributed by atoms with E-state index >= 15 is 0 Å². The summed E-state index contributed by atoms with van der Waals surface area (Å²) in [6, 6.07) is 11.0. The van der Waals surface area contributed by atoms with Gasteiger partial charge in [-0.2, -0.15) is 4.39 Å². The summed E-state index contributed by atoms with van der Waals surface area (Å²) >= 11 is 0. The zero-order valence-corrected chi connectivity index (χ0v) is 12.5. The zero-order chi connectivity index (χ0) is 15.5. The molecule has 0 atom stereocenters. The maximum Gasteiger partial charge on any atom is 0.214 e. The fourth-order valence-corrected chi connectivity index (χ4v) is 2.72. The van der Waals surface area contributed by atoms with Crippen LogP contribution in [0.2, 0.25) is 0 Å². The number of nitrogens with zero attached hydrogens (tertiary/aromatic N) is 3. The molecule has 1 aliphatic rings. The highest BCUT2D eigenvalue weighted by Crippen LogP contribution is 2.21. The smallest absolute Gasteiger partial charge is 0.214 e. The second-order valence-electron chi connectivity index (χ2n) is 5.41. The van der Waals surface area contributed by atoms with Crippen LogP contribution >= 0.6 is 0 Å². The molecule has 2 aromatic rings. The molecule has 4 nitrogen and oxygen atoms in total. The van der Waals surface area contributed by atoms with Crippen molar-refractivity contribution in [3.63, 3.8) is 0 Å². The number of carbonyl (C=O) groups is 1. The highest BCUT2D eigenvalue weighted by molar-refractivity contribution is 5.94. The molecular weight excluding hydrogens is 281 g/mol. The molecule has 2 heterocycles. The monoisotopic (exact) mass is 299 g/mol. The third-order valence-corrected chi connectivity index (χ3v) is 3.99. The largest absolute Gasteiger partial charge is 0.368 e. The van der Waals surface area contributed by atoms with Crippen molar-refractivity contribution < 1.29 is 9.18 Å². The average molecular weight is 299 g/mol. The maximum absolute atomic E-state index is 13.2. The van der Waals surface area contributed by atoms with Crippen LogP contribution in [0.3, 0.4) is 0 Å². The summed E-state index contributed by atoms with van der Waals surface area (Å²) in [4.78, 5) is 19.3. The van der Waals surface area contributed by atoms with Gasteiger partial charge < -0.3 is 9.80 Å². The number of benzene rings is 1. The first-order valence-electron chi connectivity index (χ1n) is 7.36. The molecule has 22 heavy (non-hydrogen) atoms. The number of Topliss-reactive ketones (excluding diaryl/α,β-unsaturated/α-hetero) is 1. The summed E-state index contributed by atoms with van der Waals surface area (Å²) in [5, 5.41) is 0. The standard InChI is InChI=1S/C17H18FN3O/c1-13(22)14-2-4-15(5-3-14)20-8-10-21(11-9-20)16-6-7-19-17(18)12-16/h2-7,12H,8-11H2,1H3. The lowest BCUT2D eigenvalue weighted by Gasteiger charge is -2.37. The van der Waals surface area contributed by atoms with Crippen molar-refractivity contribution in [3.05, 3.63) is 54.1 Å². The normalized spacial score (nSPS) is 15.0. The van der Waals surface area contributed by atoms with Gasteiger partial charge in [0.1, 0.15) is 0 Å². The summed E-state index contributed by atoms with van der Waals surface area (Å²) in [7, 11) is 0. The predicted molar refractivity (Wildman–Crippen MR) is 85.1 cm³/mol. The molecule has 0 amide bonds. The van der Waals surface area contributed by atoms with Crippen LogP contribution in [0.4, 0.5) is 15.8 Å².